The van der Waals surface area contributed by atoms with E-state index in [1.807, 2.05) is 23.1 Å². The molecule has 1 heterocycles. The first-order chi connectivity index (χ1) is 9.02. The molecule has 1 amide bonds. The molecule has 1 aliphatic rings. The highest BCUT2D eigenvalue weighted by Gasteiger charge is 2.27. The van der Waals surface area contributed by atoms with Crippen molar-refractivity contribution in [2.45, 2.75) is 19.4 Å². The van der Waals surface area contributed by atoms with E-state index in [0.29, 0.717) is 6.04 Å². The van der Waals surface area contributed by atoms with Gasteiger partial charge in [-0.1, -0.05) is 22.9 Å². The van der Waals surface area contributed by atoms with E-state index in [1.165, 1.54) is 0 Å². The molecule has 19 heavy (non-hydrogen) atoms. The Morgan fingerprint density at radius 1 is 1.37 bits per heavy atom. The Balaban J connectivity index is 2.18. The number of carbonyl (C=O) groups is 1. The Labute approximate surface area is 131 Å². The number of halogens is 2. The maximum Gasteiger partial charge on any atom is 0.255 e. The molecule has 1 unspecified atom stereocenters. The van der Waals surface area contributed by atoms with Gasteiger partial charge >= 0.3 is 0 Å². The number of benzene rings is 1. The summed E-state index contributed by atoms with van der Waals surface area (Å²) >= 11 is 6.89. The van der Waals surface area contributed by atoms with Crippen molar-refractivity contribution in [1.82, 2.24) is 9.80 Å². The molecule has 5 heteroatoms. The van der Waals surface area contributed by atoms with Crippen LogP contribution in [-0.4, -0.2) is 48.4 Å². The number of carbonyl (C=O) groups excluding carboxylic acids is 1. The number of likely N-dealkylation sites (N-methyl/N-ethyl adjacent to an activating group) is 1. The SMILES string of the molecule is CCC1CN(C(=O)c2cc(Br)ccc2Br)CCN1C. The van der Waals surface area contributed by atoms with Crippen molar-refractivity contribution in [3.8, 4) is 0 Å². The third kappa shape index (κ3) is 3.38. The first kappa shape index (κ1) is 15.0. The lowest BCUT2D eigenvalue weighted by Crippen LogP contribution is -2.53. The van der Waals surface area contributed by atoms with E-state index in [2.05, 4.69) is 50.7 Å². The van der Waals surface area contributed by atoms with Crippen LogP contribution in [0.5, 0.6) is 0 Å². The molecule has 1 aromatic carbocycles. The highest BCUT2D eigenvalue weighted by Crippen LogP contribution is 2.24. The molecule has 1 aliphatic heterocycles. The lowest BCUT2D eigenvalue weighted by atomic mass is 10.1. The fourth-order valence-corrected chi connectivity index (χ4v) is 3.18. The predicted molar refractivity (Wildman–Crippen MR) is 84.5 cm³/mol. The molecule has 0 aromatic heterocycles. The van der Waals surface area contributed by atoms with Crippen LogP contribution in [0.2, 0.25) is 0 Å². The maximum absolute atomic E-state index is 12.6. The Morgan fingerprint density at radius 3 is 2.79 bits per heavy atom. The molecule has 1 atom stereocenters. The fourth-order valence-electron chi connectivity index (χ4n) is 2.40. The number of amides is 1. The summed E-state index contributed by atoms with van der Waals surface area (Å²) in [4.78, 5) is 16.9. The average Bonchev–Trinajstić information content (AvgIpc) is 2.41. The minimum Gasteiger partial charge on any atom is -0.336 e. The molecule has 0 saturated carbocycles. The predicted octanol–water partition coefficient (Wildman–Crippen LogP) is 3.38. The van der Waals surface area contributed by atoms with Crippen LogP contribution in [-0.2, 0) is 0 Å². The van der Waals surface area contributed by atoms with Gasteiger partial charge in [-0.2, -0.15) is 0 Å². The molecule has 1 fully saturated rings. The third-order valence-corrected chi connectivity index (χ3v) is 4.88. The van der Waals surface area contributed by atoms with Crippen LogP contribution in [0, 0.1) is 0 Å². The zero-order chi connectivity index (χ0) is 14.0. The van der Waals surface area contributed by atoms with E-state index >= 15 is 0 Å². The van der Waals surface area contributed by atoms with Gasteiger partial charge in [0.25, 0.3) is 5.91 Å². The summed E-state index contributed by atoms with van der Waals surface area (Å²) in [6.07, 6.45) is 1.07. The molecule has 0 aliphatic carbocycles. The summed E-state index contributed by atoms with van der Waals surface area (Å²) in [5, 5.41) is 0. The number of hydrogen-bond acceptors (Lipinski definition) is 2. The van der Waals surface area contributed by atoms with Gasteiger partial charge in [-0.05, 0) is 47.6 Å². The number of piperazine rings is 1. The first-order valence-corrected chi connectivity index (χ1v) is 8.06. The molecule has 1 aromatic rings. The Bertz CT molecular complexity index is 479. The third-order valence-electron chi connectivity index (χ3n) is 3.69. The summed E-state index contributed by atoms with van der Waals surface area (Å²) in [6, 6.07) is 6.18. The van der Waals surface area contributed by atoms with Crippen LogP contribution in [0.15, 0.2) is 27.1 Å². The van der Waals surface area contributed by atoms with E-state index < -0.39 is 0 Å². The summed E-state index contributed by atoms with van der Waals surface area (Å²) in [7, 11) is 2.13. The van der Waals surface area contributed by atoms with E-state index in [9.17, 15) is 4.79 Å². The van der Waals surface area contributed by atoms with Gasteiger partial charge in [0.15, 0.2) is 0 Å². The standard InChI is InChI=1S/C14H18Br2N2O/c1-3-11-9-18(7-6-17(11)2)14(19)12-8-10(15)4-5-13(12)16/h4-5,8,11H,3,6-7,9H2,1-2H3. The minimum absolute atomic E-state index is 0.111. The minimum atomic E-state index is 0.111. The molecule has 104 valence electrons. The van der Waals surface area contributed by atoms with Crippen molar-refractivity contribution >= 4 is 37.8 Å². The second-order valence-electron chi connectivity index (χ2n) is 4.92. The Morgan fingerprint density at radius 2 is 2.11 bits per heavy atom. The second-order valence-corrected chi connectivity index (χ2v) is 6.69. The van der Waals surface area contributed by atoms with E-state index in [0.717, 1.165) is 40.6 Å². The largest absolute Gasteiger partial charge is 0.336 e. The van der Waals surface area contributed by atoms with Crippen molar-refractivity contribution in [3.05, 3.63) is 32.7 Å². The number of rotatable bonds is 2. The molecule has 0 N–H and O–H groups in total. The molecular formula is C14H18Br2N2O. The summed E-state index contributed by atoms with van der Waals surface area (Å²) < 4.78 is 1.79. The molecule has 0 bridgehead atoms. The van der Waals surface area contributed by atoms with Gasteiger partial charge in [-0.15, -0.1) is 0 Å². The molecule has 3 nitrogen and oxygen atoms in total. The molecule has 0 spiro atoms. The normalized spacial score (nSPS) is 20.6. The van der Waals surface area contributed by atoms with E-state index in [-0.39, 0.29) is 5.91 Å². The van der Waals surface area contributed by atoms with Gasteiger partial charge in [-0.25, -0.2) is 0 Å². The van der Waals surface area contributed by atoms with Gasteiger partial charge in [0.05, 0.1) is 5.56 Å². The van der Waals surface area contributed by atoms with Crippen LogP contribution in [0.4, 0.5) is 0 Å². The van der Waals surface area contributed by atoms with Crippen LogP contribution in [0.25, 0.3) is 0 Å². The smallest absolute Gasteiger partial charge is 0.255 e. The lowest BCUT2D eigenvalue weighted by molar-refractivity contribution is 0.0541. The van der Waals surface area contributed by atoms with Crippen LogP contribution in [0.1, 0.15) is 23.7 Å². The van der Waals surface area contributed by atoms with Crippen LogP contribution in [0.3, 0.4) is 0 Å². The Kier molecular flexibility index (Phi) is 5.03. The van der Waals surface area contributed by atoms with Crippen molar-refractivity contribution < 1.29 is 4.79 Å². The molecule has 0 radical (unpaired) electrons. The summed E-state index contributed by atoms with van der Waals surface area (Å²) in [5.41, 5.74) is 0.730. The van der Waals surface area contributed by atoms with Crippen molar-refractivity contribution in [2.75, 3.05) is 26.7 Å². The van der Waals surface area contributed by atoms with E-state index in [4.69, 9.17) is 0 Å². The summed E-state index contributed by atoms with van der Waals surface area (Å²) in [6.45, 7) is 4.72. The van der Waals surface area contributed by atoms with Crippen molar-refractivity contribution in [2.24, 2.45) is 0 Å². The molecule has 1 saturated heterocycles. The van der Waals surface area contributed by atoms with Gasteiger partial charge < -0.3 is 4.90 Å². The first-order valence-electron chi connectivity index (χ1n) is 6.47. The topological polar surface area (TPSA) is 23.6 Å². The van der Waals surface area contributed by atoms with Gasteiger partial charge in [0.1, 0.15) is 0 Å². The van der Waals surface area contributed by atoms with Crippen LogP contribution < -0.4 is 0 Å². The zero-order valence-electron chi connectivity index (χ0n) is 11.2. The van der Waals surface area contributed by atoms with Crippen LogP contribution >= 0.6 is 31.9 Å². The highest BCUT2D eigenvalue weighted by atomic mass is 79.9. The molecule has 2 rings (SSSR count). The monoisotopic (exact) mass is 388 g/mol. The fraction of sp³-hybridized carbons (Fsp3) is 0.500. The summed E-state index contributed by atoms with van der Waals surface area (Å²) in [5.74, 6) is 0.111. The highest BCUT2D eigenvalue weighted by molar-refractivity contribution is 9.11. The van der Waals surface area contributed by atoms with Gasteiger partial charge in [0, 0.05) is 34.6 Å². The zero-order valence-corrected chi connectivity index (χ0v) is 14.4. The Hall–Kier alpha value is -0.390. The number of nitrogens with zero attached hydrogens (tertiary/aromatic N) is 2. The maximum atomic E-state index is 12.6. The van der Waals surface area contributed by atoms with Gasteiger partial charge in [-0.3, -0.25) is 9.69 Å². The quantitative estimate of drug-likeness (QED) is 0.774. The van der Waals surface area contributed by atoms with E-state index in [1.54, 1.807) is 0 Å². The number of hydrogen-bond donors (Lipinski definition) is 0. The van der Waals surface area contributed by atoms with Crippen molar-refractivity contribution in [3.63, 3.8) is 0 Å². The lowest BCUT2D eigenvalue weighted by Gasteiger charge is -2.39. The molecular weight excluding hydrogens is 372 g/mol. The second kappa shape index (κ2) is 6.37. The average molecular weight is 390 g/mol. The van der Waals surface area contributed by atoms with Crippen molar-refractivity contribution in [1.29, 1.82) is 0 Å². The van der Waals surface area contributed by atoms with Gasteiger partial charge in [0.2, 0.25) is 0 Å².